The molecule has 0 spiro atoms. The van der Waals surface area contributed by atoms with Gasteiger partial charge in [-0.2, -0.15) is 0 Å². The topological polar surface area (TPSA) is 26.0 Å². The van der Waals surface area contributed by atoms with Gasteiger partial charge in [0.15, 0.2) is 0 Å². The van der Waals surface area contributed by atoms with E-state index in [9.17, 15) is 0 Å². The molecule has 7 heavy (non-hydrogen) atoms. The average molecular weight is 117 g/mol. The molecule has 2 N–H and O–H groups in total. The van der Waals surface area contributed by atoms with Crippen molar-refractivity contribution >= 4 is 16.9 Å². The Hall–Kier alpha value is -0.180. The first kappa shape index (κ1) is 4.97. The molecule has 0 atom stereocenters. The van der Waals surface area contributed by atoms with Crippen LogP contribution in [-0.4, -0.2) is 24.5 Å². The summed E-state index contributed by atoms with van der Waals surface area (Å²) in [6.07, 6.45) is 2.06. The van der Waals surface area contributed by atoms with Crippen LogP contribution in [0, 0.1) is 0 Å². The molecule has 1 aliphatic rings. The van der Waals surface area contributed by atoms with Gasteiger partial charge in [-0.3, -0.25) is 10.3 Å². The number of amidine groups is 1. The van der Waals surface area contributed by atoms with Crippen molar-refractivity contribution in [2.24, 2.45) is 0 Å². The van der Waals surface area contributed by atoms with Crippen LogP contribution in [0.1, 0.15) is 0 Å². The zero-order valence-electron chi connectivity index (χ0n) is 4.32. The lowest BCUT2D eigenvalue weighted by atomic mass is 10.7. The van der Waals surface area contributed by atoms with E-state index in [4.69, 9.17) is 0 Å². The van der Waals surface area contributed by atoms with E-state index in [1.165, 1.54) is 5.17 Å². The number of nitrogens with one attached hydrogen (secondary N) is 2. The van der Waals surface area contributed by atoms with Crippen molar-refractivity contribution in [2.75, 3.05) is 19.3 Å². The Labute approximate surface area is 47.4 Å². The maximum absolute atomic E-state index is 3.17. The first-order valence-electron chi connectivity index (χ1n) is 2.32. The highest BCUT2D eigenvalue weighted by Gasteiger charge is 2.07. The van der Waals surface area contributed by atoms with Gasteiger partial charge in [0.2, 0.25) is 0 Å². The summed E-state index contributed by atoms with van der Waals surface area (Å²) in [6.45, 7) is 2.16. The molecule has 2 nitrogen and oxygen atoms in total. The molecule has 0 aromatic carbocycles. The van der Waals surface area contributed by atoms with Gasteiger partial charge >= 0.3 is 5.17 Å². The predicted octanol–water partition coefficient (Wildman–Crippen LogP) is -1.61. The van der Waals surface area contributed by atoms with Crippen LogP contribution in [0.2, 0.25) is 0 Å². The molecule has 0 amide bonds. The fourth-order valence-corrected chi connectivity index (χ4v) is 1.05. The zero-order valence-corrected chi connectivity index (χ0v) is 5.14. The van der Waals surface area contributed by atoms with E-state index in [1.54, 1.807) is 11.8 Å². The fraction of sp³-hybridized carbons (Fsp3) is 0.750. The summed E-state index contributed by atoms with van der Waals surface area (Å²) < 4.78 is 0. The molecule has 1 aliphatic heterocycles. The highest BCUT2D eigenvalue weighted by Crippen LogP contribution is 1.86. The van der Waals surface area contributed by atoms with Crippen LogP contribution in [0.15, 0.2) is 0 Å². The molecule has 0 bridgehead atoms. The van der Waals surface area contributed by atoms with E-state index < -0.39 is 0 Å². The molecule has 0 saturated heterocycles. The molecule has 0 aromatic rings. The first-order valence-corrected chi connectivity index (χ1v) is 3.54. The Kier molecular flexibility index (Phi) is 1.57. The SMILES string of the molecule is CSC1=[NH+]CCN1. The monoisotopic (exact) mass is 117 g/mol. The van der Waals surface area contributed by atoms with Gasteiger partial charge in [-0.15, -0.1) is 0 Å². The Morgan fingerprint density at radius 1 is 1.86 bits per heavy atom. The van der Waals surface area contributed by atoms with Gasteiger partial charge in [-0.1, -0.05) is 0 Å². The molecule has 0 aliphatic carbocycles. The molecule has 0 saturated carbocycles. The maximum Gasteiger partial charge on any atom is 0.304 e. The van der Waals surface area contributed by atoms with E-state index in [-0.39, 0.29) is 0 Å². The number of rotatable bonds is 0. The van der Waals surface area contributed by atoms with E-state index >= 15 is 0 Å². The summed E-state index contributed by atoms with van der Waals surface area (Å²) in [4.78, 5) is 3.17. The smallest absolute Gasteiger partial charge is 0.265 e. The van der Waals surface area contributed by atoms with Crippen LogP contribution >= 0.6 is 11.8 Å². The summed E-state index contributed by atoms with van der Waals surface area (Å²) in [5, 5.41) is 4.38. The van der Waals surface area contributed by atoms with Crippen LogP contribution in [0.5, 0.6) is 0 Å². The van der Waals surface area contributed by atoms with Gasteiger partial charge in [0.1, 0.15) is 13.1 Å². The predicted molar refractivity (Wildman–Crippen MR) is 32.4 cm³/mol. The molecule has 3 heteroatoms. The number of hydrogen-bond acceptors (Lipinski definition) is 2. The van der Waals surface area contributed by atoms with Gasteiger partial charge in [-0.25, -0.2) is 0 Å². The zero-order chi connectivity index (χ0) is 5.11. The fourth-order valence-electron chi connectivity index (χ4n) is 0.559. The Morgan fingerprint density at radius 2 is 2.71 bits per heavy atom. The summed E-state index contributed by atoms with van der Waals surface area (Å²) in [5.41, 5.74) is 0. The van der Waals surface area contributed by atoms with Crippen LogP contribution < -0.4 is 10.3 Å². The Balaban J connectivity index is 2.36. The van der Waals surface area contributed by atoms with E-state index in [2.05, 4.69) is 16.6 Å². The third kappa shape index (κ3) is 1.09. The second-order valence-corrected chi connectivity index (χ2v) is 2.20. The van der Waals surface area contributed by atoms with Gasteiger partial charge in [0, 0.05) is 0 Å². The molecule has 1 heterocycles. The molecular formula is C4H9N2S+. The third-order valence-corrected chi connectivity index (χ3v) is 1.60. The lowest BCUT2D eigenvalue weighted by Gasteiger charge is -1.81. The minimum atomic E-state index is 1.08. The van der Waals surface area contributed by atoms with Crippen molar-refractivity contribution < 1.29 is 4.99 Å². The van der Waals surface area contributed by atoms with E-state index in [1.807, 2.05) is 0 Å². The molecule has 0 unspecified atom stereocenters. The van der Waals surface area contributed by atoms with Crippen molar-refractivity contribution in [3.63, 3.8) is 0 Å². The van der Waals surface area contributed by atoms with Gasteiger partial charge in [-0.05, 0) is 18.0 Å². The highest BCUT2D eigenvalue weighted by molar-refractivity contribution is 8.12. The second kappa shape index (κ2) is 2.21. The summed E-state index contributed by atoms with van der Waals surface area (Å²) in [7, 11) is 0. The van der Waals surface area contributed by atoms with Gasteiger partial charge in [0.25, 0.3) is 0 Å². The minimum Gasteiger partial charge on any atom is -0.265 e. The lowest BCUT2D eigenvalue weighted by molar-refractivity contribution is -0.441. The summed E-state index contributed by atoms with van der Waals surface area (Å²) >= 11 is 1.73. The largest absolute Gasteiger partial charge is 0.304 e. The van der Waals surface area contributed by atoms with Crippen molar-refractivity contribution in [1.82, 2.24) is 5.32 Å². The van der Waals surface area contributed by atoms with Gasteiger partial charge in [0.05, 0.1) is 0 Å². The number of thioether (sulfide) groups is 1. The minimum absolute atomic E-state index is 1.08. The van der Waals surface area contributed by atoms with E-state index in [0.29, 0.717) is 0 Å². The quantitative estimate of drug-likeness (QED) is 0.399. The van der Waals surface area contributed by atoms with Crippen molar-refractivity contribution in [2.45, 2.75) is 0 Å². The standard InChI is InChI=1S/C4H8N2S/c1-7-4-5-2-3-6-4/h2-3H2,1H3,(H,5,6)/p+1. The first-order chi connectivity index (χ1) is 3.43. The average Bonchev–Trinajstić information content (AvgIpc) is 2.14. The summed E-state index contributed by atoms with van der Waals surface area (Å²) in [5.74, 6) is 0. The van der Waals surface area contributed by atoms with Crippen molar-refractivity contribution in [1.29, 1.82) is 0 Å². The maximum atomic E-state index is 3.17. The van der Waals surface area contributed by atoms with Crippen molar-refractivity contribution in [3.05, 3.63) is 0 Å². The number of hydrogen-bond donors (Lipinski definition) is 2. The van der Waals surface area contributed by atoms with Crippen LogP contribution in [0.25, 0.3) is 0 Å². The van der Waals surface area contributed by atoms with Crippen molar-refractivity contribution in [3.8, 4) is 0 Å². The third-order valence-electron chi connectivity index (χ3n) is 0.900. The summed E-state index contributed by atoms with van der Waals surface area (Å²) in [6, 6.07) is 0. The second-order valence-electron chi connectivity index (χ2n) is 1.39. The highest BCUT2D eigenvalue weighted by atomic mass is 32.2. The molecule has 0 radical (unpaired) electrons. The molecule has 1 rings (SSSR count). The molecule has 40 valence electrons. The van der Waals surface area contributed by atoms with E-state index in [0.717, 1.165) is 13.1 Å². The van der Waals surface area contributed by atoms with Crippen LogP contribution in [0.3, 0.4) is 0 Å². The normalized spacial score (nSPS) is 18.7. The van der Waals surface area contributed by atoms with Gasteiger partial charge < -0.3 is 0 Å². The Morgan fingerprint density at radius 3 is 3.00 bits per heavy atom. The van der Waals surface area contributed by atoms with Crippen LogP contribution in [0.4, 0.5) is 0 Å². The lowest BCUT2D eigenvalue weighted by Crippen LogP contribution is -2.69. The molecular weight excluding hydrogens is 108 g/mol. The Bertz CT molecular complexity index is 89.7. The molecule has 0 fully saturated rings. The van der Waals surface area contributed by atoms with Crippen LogP contribution in [-0.2, 0) is 0 Å². The molecule has 0 aromatic heterocycles.